The SMILES string of the molecule is COC(=O)[C@@]1(C)CC[C@]2(C)CC[C@]3(C)C(=CC(=O)[C@@H]4[C@@]5(C)CCC(N=O)C(C)(C)[C@@H]5CC[C@]43C)[C@@H]2C1. The molecular weight excluding hydrogens is 450 g/mol. The third-order valence-corrected chi connectivity index (χ3v) is 13.4. The maximum atomic E-state index is 14.3. The van der Waals surface area contributed by atoms with Gasteiger partial charge in [0.15, 0.2) is 5.78 Å². The minimum atomic E-state index is -0.493. The van der Waals surface area contributed by atoms with Crippen LogP contribution in [0, 0.1) is 55.2 Å². The first-order chi connectivity index (χ1) is 16.6. The number of ketones is 1. The first-order valence-electron chi connectivity index (χ1n) is 14.3. The van der Waals surface area contributed by atoms with Crippen molar-refractivity contribution in [2.24, 2.45) is 55.4 Å². The molecule has 9 atom stereocenters. The van der Waals surface area contributed by atoms with E-state index in [0.717, 1.165) is 57.8 Å². The number of hydrogen-bond donors (Lipinski definition) is 0. The molecule has 5 rings (SSSR count). The summed E-state index contributed by atoms with van der Waals surface area (Å²) in [5, 5.41) is 3.54. The number of methoxy groups -OCH3 is 1. The molecule has 1 unspecified atom stereocenters. The highest BCUT2D eigenvalue weighted by Gasteiger charge is 2.70. The Bertz CT molecular complexity index is 1030. The van der Waals surface area contributed by atoms with Crippen LogP contribution in [0.2, 0.25) is 0 Å². The summed E-state index contributed by atoms with van der Waals surface area (Å²) in [6.07, 6.45) is 10.6. The van der Waals surface area contributed by atoms with Crippen molar-refractivity contribution in [2.45, 2.75) is 112 Å². The zero-order valence-corrected chi connectivity index (χ0v) is 23.8. The molecule has 0 aliphatic heterocycles. The smallest absolute Gasteiger partial charge is 0.311 e. The van der Waals surface area contributed by atoms with Crippen LogP contribution in [0.4, 0.5) is 0 Å². The molecule has 200 valence electrons. The standard InChI is InChI=1S/C31H47NO4/c1-26(2)22-9-12-31(7)24(29(22,5)11-10-23(26)32-35)21(33)17-19-20-18-28(4,25(34)36-8)14-13-27(20,3)15-16-30(19,31)6/h17,20,22-24H,9-16,18H2,1-8H3/t20-,22-,23?,24+,27+,28-,29-,30+,31+/m0/s1. The fourth-order valence-corrected chi connectivity index (χ4v) is 10.8. The Morgan fingerprint density at radius 3 is 2.25 bits per heavy atom. The lowest BCUT2D eigenvalue weighted by Crippen LogP contribution is -2.66. The van der Waals surface area contributed by atoms with Gasteiger partial charge in [-0.15, -0.1) is 0 Å². The van der Waals surface area contributed by atoms with Gasteiger partial charge in [0.05, 0.1) is 18.6 Å². The number of hydrogen-bond acceptors (Lipinski definition) is 5. The Labute approximate surface area is 217 Å². The molecule has 0 bridgehead atoms. The highest BCUT2D eigenvalue weighted by Crippen LogP contribution is 2.75. The number of fused-ring (bicyclic) bond motifs is 7. The lowest BCUT2D eigenvalue weighted by atomic mass is 9.33. The van der Waals surface area contributed by atoms with Crippen LogP contribution in [0.5, 0.6) is 0 Å². The minimum Gasteiger partial charge on any atom is -0.469 e. The molecule has 0 aromatic carbocycles. The van der Waals surface area contributed by atoms with Gasteiger partial charge in [0, 0.05) is 5.92 Å². The van der Waals surface area contributed by atoms with Gasteiger partial charge < -0.3 is 4.74 Å². The summed E-state index contributed by atoms with van der Waals surface area (Å²) < 4.78 is 5.25. The van der Waals surface area contributed by atoms with Crippen LogP contribution in [0.25, 0.3) is 0 Å². The zero-order chi connectivity index (χ0) is 26.5. The topological polar surface area (TPSA) is 72.8 Å². The second-order valence-corrected chi connectivity index (χ2v) is 15.2. The van der Waals surface area contributed by atoms with Crippen LogP contribution >= 0.6 is 0 Å². The predicted molar refractivity (Wildman–Crippen MR) is 141 cm³/mol. The Morgan fingerprint density at radius 2 is 1.61 bits per heavy atom. The van der Waals surface area contributed by atoms with Crippen molar-refractivity contribution in [1.29, 1.82) is 0 Å². The van der Waals surface area contributed by atoms with Crippen LogP contribution in [-0.2, 0) is 14.3 Å². The molecule has 4 fully saturated rings. The van der Waals surface area contributed by atoms with Gasteiger partial charge in [0.1, 0.15) is 0 Å². The van der Waals surface area contributed by atoms with Gasteiger partial charge in [-0.05, 0) is 110 Å². The molecule has 36 heavy (non-hydrogen) atoms. The van der Waals surface area contributed by atoms with E-state index in [0.29, 0.717) is 11.7 Å². The van der Waals surface area contributed by atoms with Crippen molar-refractivity contribution in [3.05, 3.63) is 16.6 Å². The number of allylic oxidation sites excluding steroid dienone is 2. The molecule has 0 radical (unpaired) electrons. The van der Waals surface area contributed by atoms with Crippen molar-refractivity contribution in [1.82, 2.24) is 0 Å². The van der Waals surface area contributed by atoms with Crippen molar-refractivity contribution >= 4 is 11.8 Å². The summed E-state index contributed by atoms with van der Waals surface area (Å²) in [5.41, 5.74) is 0.427. The number of nitrogens with zero attached hydrogens (tertiary/aromatic N) is 1. The lowest BCUT2D eigenvalue weighted by Gasteiger charge is -2.70. The molecule has 5 aliphatic carbocycles. The third kappa shape index (κ3) is 3.06. The van der Waals surface area contributed by atoms with Crippen LogP contribution in [-0.4, -0.2) is 24.9 Å². The molecule has 0 heterocycles. The van der Waals surface area contributed by atoms with E-state index in [2.05, 4.69) is 59.7 Å². The highest BCUT2D eigenvalue weighted by molar-refractivity contribution is 5.95. The zero-order valence-electron chi connectivity index (χ0n) is 23.8. The molecule has 0 saturated heterocycles. The molecule has 0 aromatic rings. The quantitative estimate of drug-likeness (QED) is 0.297. The van der Waals surface area contributed by atoms with Gasteiger partial charge in [-0.25, -0.2) is 0 Å². The first kappa shape index (κ1) is 26.1. The molecule has 5 heteroatoms. The predicted octanol–water partition coefficient (Wildman–Crippen LogP) is 7.28. The minimum absolute atomic E-state index is 0.0377. The average Bonchev–Trinajstić information content (AvgIpc) is 2.80. The van der Waals surface area contributed by atoms with Gasteiger partial charge >= 0.3 is 5.97 Å². The first-order valence-corrected chi connectivity index (χ1v) is 14.3. The summed E-state index contributed by atoms with van der Waals surface area (Å²) >= 11 is 0. The van der Waals surface area contributed by atoms with E-state index in [1.807, 2.05) is 0 Å². The Hall–Kier alpha value is -1.52. The Morgan fingerprint density at radius 1 is 0.944 bits per heavy atom. The molecule has 4 saturated carbocycles. The molecule has 0 N–H and O–H groups in total. The maximum absolute atomic E-state index is 14.3. The van der Waals surface area contributed by atoms with Crippen LogP contribution in [0.3, 0.4) is 0 Å². The van der Waals surface area contributed by atoms with Gasteiger partial charge in [0.2, 0.25) is 0 Å². The molecule has 5 nitrogen and oxygen atoms in total. The summed E-state index contributed by atoms with van der Waals surface area (Å²) in [5.74, 6) is 0.685. The molecule has 0 amide bonds. The van der Waals surface area contributed by atoms with Gasteiger partial charge in [-0.1, -0.05) is 52.3 Å². The van der Waals surface area contributed by atoms with Crippen molar-refractivity contribution in [3.8, 4) is 0 Å². The van der Waals surface area contributed by atoms with E-state index in [1.54, 1.807) is 0 Å². The molecule has 0 spiro atoms. The van der Waals surface area contributed by atoms with Crippen molar-refractivity contribution in [3.63, 3.8) is 0 Å². The number of nitroso groups, excluding NO2 is 1. The van der Waals surface area contributed by atoms with E-state index >= 15 is 0 Å². The number of carbonyl (C=O) groups is 2. The van der Waals surface area contributed by atoms with Crippen molar-refractivity contribution < 1.29 is 14.3 Å². The highest BCUT2D eigenvalue weighted by atomic mass is 16.5. The average molecular weight is 498 g/mol. The summed E-state index contributed by atoms with van der Waals surface area (Å²) in [7, 11) is 1.50. The number of carbonyl (C=O) groups excluding carboxylic acids is 2. The van der Waals surface area contributed by atoms with Gasteiger partial charge in [-0.2, -0.15) is 4.91 Å². The van der Waals surface area contributed by atoms with E-state index in [-0.39, 0.29) is 50.9 Å². The number of rotatable bonds is 2. The normalized spacial score (nSPS) is 51.6. The summed E-state index contributed by atoms with van der Waals surface area (Å²) in [6, 6.07) is -0.172. The van der Waals surface area contributed by atoms with E-state index in [1.165, 1.54) is 12.7 Å². The van der Waals surface area contributed by atoms with Crippen molar-refractivity contribution in [2.75, 3.05) is 7.11 Å². The molecule has 5 aliphatic rings. The third-order valence-electron chi connectivity index (χ3n) is 13.4. The lowest BCUT2D eigenvalue weighted by molar-refractivity contribution is -0.188. The molecular formula is C31H47NO4. The van der Waals surface area contributed by atoms with E-state index < -0.39 is 5.41 Å². The largest absolute Gasteiger partial charge is 0.469 e. The fraction of sp³-hybridized carbons (Fsp3) is 0.871. The van der Waals surface area contributed by atoms with Crippen LogP contribution in [0.15, 0.2) is 16.8 Å². The number of ether oxygens (including phenoxy) is 1. The number of esters is 1. The summed E-state index contributed by atoms with van der Waals surface area (Å²) in [4.78, 5) is 38.9. The fourth-order valence-electron chi connectivity index (χ4n) is 10.8. The maximum Gasteiger partial charge on any atom is 0.311 e. The summed E-state index contributed by atoms with van der Waals surface area (Å²) in [6.45, 7) is 16.1. The Kier molecular flexibility index (Phi) is 5.62. The van der Waals surface area contributed by atoms with E-state index in [4.69, 9.17) is 4.74 Å². The van der Waals surface area contributed by atoms with Gasteiger partial charge in [-0.3, -0.25) is 9.59 Å². The van der Waals surface area contributed by atoms with Crippen LogP contribution in [0.1, 0.15) is 106 Å². The Balaban J connectivity index is 1.60. The monoisotopic (exact) mass is 497 g/mol. The van der Waals surface area contributed by atoms with Gasteiger partial charge in [0.25, 0.3) is 0 Å². The van der Waals surface area contributed by atoms with E-state index in [9.17, 15) is 14.5 Å². The second kappa shape index (κ2) is 7.76. The van der Waals surface area contributed by atoms with Crippen LogP contribution < -0.4 is 0 Å². The second-order valence-electron chi connectivity index (χ2n) is 15.2. The molecule has 0 aromatic heterocycles.